The van der Waals surface area contributed by atoms with Gasteiger partial charge in [-0.2, -0.15) is 5.10 Å². The SMILES string of the molecule is C=CCn1ncc(-c2cc(C)c3cc(CN4CCOCC4)ccc3n2)c1C. The molecule has 0 N–H and O–H groups in total. The Morgan fingerprint density at radius 3 is 2.78 bits per heavy atom. The molecule has 3 aromatic rings. The van der Waals surface area contributed by atoms with E-state index < -0.39 is 0 Å². The summed E-state index contributed by atoms with van der Waals surface area (Å²) in [5.41, 5.74) is 6.79. The number of pyridine rings is 1. The molecule has 0 aliphatic carbocycles. The van der Waals surface area contributed by atoms with Gasteiger partial charge in [-0.05, 0) is 43.2 Å². The van der Waals surface area contributed by atoms with Gasteiger partial charge in [0, 0.05) is 36.3 Å². The van der Waals surface area contributed by atoms with Crippen molar-refractivity contribution in [2.45, 2.75) is 26.9 Å². The molecule has 0 atom stereocenters. The summed E-state index contributed by atoms with van der Waals surface area (Å²) in [4.78, 5) is 7.36. The van der Waals surface area contributed by atoms with Crippen molar-refractivity contribution in [2.75, 3.05) is 26.3 Å². The maximum absolute atomic E-state index is 5.44. The highest BCUT2D eigenvalue weighted by atomic mass is 16.5. The van der Waals surface area contributed by atoms with Crippen molar-refractivity contribution in [1.29, 1.82) is 0 Å². The zero-order chi connectivity index (χ0) is 18.8. The van der Waals surface area contributed by atoms with E-state index in [9.17, 15) is 0 Å². The summed E-state index contributed by atoms with van der Waals surface area (Å²) >= 11 is 0. The van der Waals surface area contributed by atoms with Gasteiger partial charge < -0.3 is 4.74 Å². The number of hydrogen-bond acceptors (Lipinski definition) is 4. The van der Waals surface area contributed by atoms with Gasteiger partial charge in [-0.3, -0.25) is 9.58 Å². The number of ether oxygens (including phenoxy) is 1. The third-order valence-electron chi connectivity index (χ3n) is 5.27. The summed E-state index contributed by atoms with van der Waals surface area (Å²) in [6, 6.07) is 8.79. The molecule has 1 aliphatic heterocycles. The Hall–Kier alpha value is -2.50. The van der Waals surface area contributed by atoms with Crippen LogP contribution >= 0.6 is 0 Å². The largest absolute Gasteiger partial charge is 0.379 e. The molecule has 4 rings (SSSR count). The predicted octanol–water partition coefficient (Wildman–Crippen LogP) is 3.73. The van der Waals surface area contributed by atoms with Crippen LogP contribution in [0, 0.1) is 13.8 Å². The fourth-order valence-electron chi connectivity index (χ4n) is 3.70. The summed E-state index contributed by atoms with van der Waals surface area (Å²) in [7, 11) is 0. The van der Waals surface area contributed by atoms with Crippen LogP contribution in [0.5, 0.6) is 0 Å². The minimum Gasteiger partial charge on any atom is -0.379 e. The van der Waals surface area contributed by atoms with E-state index in [1.165, 1.54) is 16.5 Å². The van der Waals surface area contributed by atoms with Crippen LogP contribution in [0.1, 0.15) is 16.8 Å². The first-order chi connectivity index (χ1) is 13.2. The quantitative estimate of drug-likeness (QED) is 0.649. The number of nitrogens with zero attached hydrogens (tertiary/aromatic N) is 4. The van der Waals surface area contributed by atoms with Gasteiger partial charge in [0.1, 0.15) is 0 Å². The lowest BCUT2D eigenvalue weighted by Crippen LogP contribution is -2.35. The van der Waals surface area contributed by atoms with Crippen LogP contribution in [0.15, 0.2) is 43.1 Å². The molecule has 1 fully saturated rings. The minimum atomic E-state index is 0.712. The van der Waals surface area contributed by atoms with Gasteiger partial charge in [-0.25, -0.2) is 4.98 Å². The van der Waals surface area contributed by atoms with Crippen LogP contribution in [0.25, 0.3) is 22.2 Å². The molecule has 0 radical (unpaired) electrons. The smallest absolute Gasteiger partial charge is 0.0746 e. The van der Waals surface area contributed by atoms with Crippen LogP contribution in [0.3, 0.4) is 0 Å². The standard InChI is InChI=1S/C22H26N4O/c1-4-7-26-17(3)20(14-23-26)22-12-16(2)19-13-18(5-6-21(19)24-22)15-25-8-10-27-11-9-25/h4-6,12-14H,1,7-11,15H2,2-3H3. The fraction of sp³-hybridized carbons (Fsp3) is 0.364. The number of benzene rings is 1. The van der Waals surface area contributed by atoms with E-state index >= 15 is 0 Å². The van der Waals surface area contributed by atoms with E-state index in [0.717, 1.165) is 55.3 Å². The van der Waals surface area contributed by atoms with Crippen molar-refractivity contribution >= 4 is 10.9 Å². The molecule has 2 aromatic heterocycles. The molecule has 0 spiro atoms. The second-order valence-electron chi connectivity index (χ2n) is 7.18. The van der Waals surface area contributed by atoms with Crippen LogP contribution < -0.4 is 0 Å². The molecule has 1 aliphatic rings. The molecule has 3 heterocycles. The normalized spacial score (nSPS) is 15.3. The molecule has 0 unspecified atom stereocenters. The van der Waals surface area contributed by atoms with Crippen LogP contribution in [0.2, 0.25) is 0 Å². The zero-order valence-corrected chi connectivity index (χ0v) is 16.1. The summed E-state index contributed by atoms with van der Waals surface area (Å²) in [6.45, 7) is 13.4. The number of aryl methyl sites for hydroxylation is 1. The van der Waals surface area contributed by atoms with Gasteiger partial charge in [0.05, 0.1) is 37.2 Å². The van der Waals surface area contributed by atoms with Gasteiger partial charge in [-0.1, -0.05) is 12.1 Å². The highest BCUT2D eigenvalue weighted by molar-refractivity contribution is 5.85. The molecule has 5 heteroatoms. The Kier molecular flexibility index (Phi) is 5.05. The third kappa shape index (κ3) is 3.66. The highest BCUT2D eigenvalue weighted by Crippen LogP contribution is 2.27. The second-order valence-corrected chi connectivity index (χ2v) is 7.18. The Bertz CT molecular complexity index is 970. The van der Waals surface area contributed by atoms with E-state index in [4.69, 9.17) is 9.72 Å². The molecule has 0 amide bonds. The Balaban J connectivity index is 1.66. The van der Waals surface area contributed by atoms with E-state index in [1.54, 1.807) is 0 Å². The first-order valence-corrected chi connectivity index (χ1v) is 9.50. The average Bonchev–Trinajstić information content (AvgIpc) is 3.04. The van der Waals surface area contributed by atoms with Gasteiger partial charge in [0.25, 0.3) is 0 Å². The molecule has 0 saturated carbocycles. The fourth-order valence-corrected chi connectivity index (χ4v) is 3.70. The number of rotatable bonds is 5. The van der Waals surface area contributed by atoms with Crippen molar-refractivity contribution in [1.82, 2.24) is 19.7 Å². The first-order valence-electron chi connectivity index (χ1n) is 9.50. The summed E-state index contributed by atoms with van der Waals surface area (Å²) in [6.07, 6.45) is 3.76. The lowest BCUT2D eigenvalue weighted by molar-refractivity contribution is 0.0342. The molecule has 27 heavy (non-hydrogen) atoms. The maximum Gasteiger partial charge on any atom is 0.0746 e. The molecule has 140 valence electrons. The van der Waals surface area contributed by atoms with E-state index in [2.05, 4.69) is 54.7 Å². The Morgan fingerprint density at radius 2 is 2.00 bits per heavy atom. The number of fused-ring (bicyclic) bond motifs is 1. The molecular formula is C22H26N4O. The van der Waals surface area contributed by atoms with Crippen molar-refractivity contribution in [3.8, 4) is 11.3 Å². The van der Waals surface area contributed by atoms with Crippen LogP contribution in [0.4, 0.5) is 0 Å². The minimum absolute atomic E-state index is 0.712. The number of allylic oxidation sites excluding steroid dienone is 1. The summed E-state index contributed by atoms with van der Waals surface area (Å²) < 4.78 is 7.40. The highest BCUT2D eigenvalue weighted by Gasteiger charge is 2.14. The number of hydrogen-bond donors (Lipinski definition) is 0. The number of morpholine rings is 1. The average molecular weight is 362 g/mol. The molecular weight excluding hydrogens is 336 g/mol. The van der Waals surface area contributed by atoms with Gasteiger partial charge >= 0.3 is 0 Å². The van der Waals surface area contributed by atoms with Crippen molar-refractivity contribution in [2.24, 2.45) is 0 Å². The van der Waals surface area contributed by atoms with Gasteiger partial charge in [0.15, 0.2) is 0 Å². The molecule has 1 aromatic carbocycles. The first kappa shape index (κ1) is 17.9. The van der Waals surface area contributed by atoms with E-state index in [-0.39, 0.29) is 0 Å². The third-order valence-corrected chi connectivity index (χ3v) is 5.27. The Labute approximate surface area is 160 Å². The number of aromatic nitrogens is 3. The second kappa shape index (κ2) is 7.62. The maximum atomic E-state index is 5.44. The van der Waals surface area contributed by atoms with Gasteiger partial charge in [-0.15, -0.1) is 6.58 Å². The monoisotopic (exact) mass is 362 g/mol. The zero-order valence-electron chi connectivity index (χ0n) is 16.1. The van der Waals surface area contributed by atoms with Crippen molar-refractivity contribution in [3.05, 3.63) is 59.9 Å². The molecule has 1 saturated heterocycles. The van der Waals surface area contributed by atoms with E-state index in [0.29, 0.717) is 6.54 Å². The van der Waals surface area contributed by atoms with Crippen molar-refractivity contribution < 1.29 is 4.74 Å². The lowest BCUT2D eigenvalue weighted by atomic mass is 10.0. The van der Waals surface area contributed by atoms with Gasteiger partial charge in [0.2, 0.25) is 0 Å². The Morgan fingerprint density at radius 1 is 1.19 bits per heavy atom. The summed E-state index contributed by atoms with van der Waals surface area (Å²) in [5.74, 6) is 0. The van der Waals surface area contributed by atoms with Crippen LogP contribution in [-0.4, -0.2) is 46.0 Å². The van der Waals surface area contributed by atoms with E-state index in [1.807, 2.05) is 17.0 Å². The summed E-state index contributed by atoms with van der Waals surface area (Å²) in [5, 5.41) is 5.68. The lowest BCUT2D eigenvalue weighted by Gasteiger charge is -2.26. The topological polar surface area (TPSA) is 43.2 Å². The van der Waals surface area contributed by atoms with Crippen LogP contribution in [-0.2, 0) is 17.8 Å². The molecule has 0 bridgehead atoms. The molecule has 5 nitrogen and oxygen atoms in total. The predicted molar refractivity (Wildman–Crippen MR) is 109 cm³/mol. The van der Waals surface area contributed by atoms with Crippen molar-refractivity contribution in [3.63, 3.8) is 0 Å².